The van der Waals surface area contributed by atoms with Crippen LogP contribution in [-0.2, 0) is 24.0 Å². The number of carbonyl (C=O) groups excluding carboxylic acids is 4. The number of likely N-dealkylation sites (tertiary alicyclic amines) is 1. The molecule has 1 rings (SSSR count). The zero-order valence-corrected chi connectivity index (χ0v) is 17.5. The van der Waals surface area contributed by atoms with Crippen molar-refractivity contribution in [1.29, 1.82) is 0 Å². The van der Waals surface area contributed by atoms with Crippen molar-refractivity contribution in [3.05, 3.63) is 0 Å². The minimum absolute atomic E-state index is 0.119. The molecule has 0 aromatic carbocycles. The van der Waals surface area contributed by atoms with E-state index in [4.69, 9.17) is 16.6 Å². The summed E-state index contributed by atoms with van der Waals surface area (Å²) in [4.78, 5) is 61.1. The third kappa shape index (κ3) is 7.40. The monoisotopic (exact) mass is 449 g/mol. The topological polar surface area (TPSA) is 185 Å². The number of nitrogens with one attached hydrogen (secondary N) is 2. The van der Waals surface area contributed by atoms with E-state index in [1.807, 2.05) is 0 Å². The normalized spacial score (nSPS) is 19.1. The first-order valence-electron chi connectivity index (χ1n) is 9.02. The molecule has 0 spiro atoms. The van der Waals surface area contributed by atoms with Gasteiger partial charge in [0.05, 0.1) is 6.04 Å². The maximum atomic E-state index is 12.7. The van der Waals surface area contributed by atoms with Crippen LogP contribution in [0, 0.1) is 0 Å². The lowest BCUT2D eigenvalue weighted by molar-refractivity contribution is -0.142. The van der Waals surface area contributed by atoms with Crippen molar-refractivity contribution in [2.45, 2.75) is 49.9 Å². The molecule has 29 heavy (non-hydrogen) atoms. The summed E-state index contributed by atoms with van der Waals surface area (Å²) in [5, 5.41) is 13.8. The molecule has 164 valence electrons. The van der Waals surface area contributed by atoms with E-state index in [1.165, 1.54) is 4.90 Å². The molecule has 0 aromatic rings. The highest BCUT2D eigenvalue weighted by molar-refractivity contribution is 7.80. The van der Waals surface area contributed by atoms with E-state index in [0.29, 0.717) is 19.4 Å². The summed E-state index contributed by atoms with van der Waals surface area (Å²) in [5.41, 5.74) is 10.8. The van der Waals surface area contributed by atoms with Gasteiger partial charge in [-0.1, -0.05) is 0 Å². The molecule has 0 aliphatic carbocycles. The number of primary amides is 1. The largest absolute Gasteiger partial charge is 0.480 e. The number of amides is 4. The van der Waals surface area contributed by atoms with Gasteiger partial charge < -0.3 is 32.1 Å². The Balaban J connectivity index is 2.89. The molecule has 1 heterocycles. The maximum absolute atomic E-state index is 12.7. The summed E-state index contributed by atoms with van der Waals surface area (Å²) < 4.78 is 0. The Morgan fingerprint density at radius 3 is 2.28 bits per heavy atom. The fraction of sp³-hybridized carbons (Fsp3) is 0.688. The summed E-state index contributed by atoms with van der Waals surface area (Å²) in [6.07, 6.45) is 0.648. The summed E-state index contributed by atoms with van der Waals surface area (Å²) >= 11 is 7.86. The van der Waals surface area contributed by atoms with Gasteiger partial charge in [0.1, 0.15) is 18.1 Å². The van der Waals surface area contributed by atoms with Crippen LogP contribution >= 0.6 is 25.3 Å². The number of carboxylic acid groups (broad SMARTS) is 1. The molecule has 4 amide bonds. The predicted octanol–water partition coefficient (Wildman–Crippen LogP) is -2.52. The molecule has 0 saturated carbocycles. The van der Waals surface area contributed by atoms with Crippen molar-refractivity contribution in [2.75, 3.05) is 18.1 Å². The quantitative estimate of drug-likeness (QED) is 0.170. The third-order valence-electron chi connectivity index (χ3n) is 4.46. The molecule has 1 fully saturated rings. The molecule has 1 aliphatic heterocycles. The lowest BCUT2D eigenvalue weighted by Gasteiger charge is -2.28. The Morgan fingerprint density at radius 1 is 1.10 bits per heavy atom. The molecule has 4 unspecified atom stereocenters. The molecule has 4 atom stereocenters. The minimum Gasteiger partial charge on any atom is -0.480 e. The highest BCUT2D eigenvalue weighted by Crippen LogP contribution is 2.19. The van der Waals surface area contributed by atoms with Crippen LogP contribution < -0.4 is 22.1 Å². The standard InChI is InChI=1S/C16H27N5O6S2/c17-8(6-28)15(25)21-5-1-2-11(21)14(24)19-9(3-4-12(18)22)13(23)20-10(7-29)16(26)27/h8-11,28-29H,1-7,17H2,(H2,18,22)(H,19,24)(H,20,23)(H,26,27). The molecule has 0 radical (unpaired) electrons. The summed E-state index contributed by atoms with van der Waals surface area (Å²) in [6, 6.07) is -4.14. The highest BCUT2D eigenvalue weighted by Gasteiger charge is 2.37. The van der Waals surface area contributed by atoms with Crippen molar-refractivity contribution in [3.8, 4) is 0 Å². The Hall–Kier alpha value is -1.99. The van der Waals surface area contributed by atoms with Crippen LogP contribution in [0.15, 0.2) is 0 Å². The summed E-state index contributed by atoms with van der Waals surface area (Å²) in [6.45, 7) is 0.345. The first-order chi connectivity index (χ1) is 13.6. The minimum atomic E-state index is -1.29. The van der Waals surface area contributed by atoms with Gasteiger partial charge in [-0.05, 0) is 19.3 Å². The number of carboxylic acids is 1. The molecule has 0 aromatic heterocycles. The van der Waals surface area contributed by atoms with E-state index >= 15 is 0 Å². The van der Waals surface area contributed by atoms with Gasteiger partial charge in [0.25, 0.3) is 0 Å². The first kappa shape index (κ1) is 25.0. The molecular formula is C16H27N5O6S2. The van der Waals surface area contributed by atoms with Gasteiger partial charge in [0.2, 0.25) is 23.6 Å². The number of rotatable bonds is 11. The summed E-state index contributed by atoms with van der Waals surface area (Å²) in [5.74, 6) is -3.82. The van der Waals surface area contributed by atoms with Crippen molar-refractivity contribution >= 4 is 54.9 Å². The average molecular weight is 450 g/mol. The SMILES string of the molecule is NC(=O)CCC(NC(=O)C1CCCN1C(=O)C(N)CS)C(=O)NC(CS)C(=O)O. The molecule has 1 saturated heterocycles. The molecule has 0 bridgehead atoms. The second-order valence-electron chi connectivity index (χ2n) is 6.63. The van der Waals surface area contributed by atoms with Gasteiger partial charge in [0.15, 0.2) is 0 Å². The zero-order valence-electron chi connectivity index (χ0n) is 15.7. The number of thiol groups is 2. The Morgan fingerprint density at radius 2 is 1.76 bits per heavy atom. The Bertz CT molecular complexity index is 649. The van der Waals surface area contributed by atoms with Crippen LogP contribution in [0.2, 0.25) is 0 Å². The lowest BCUT2D eigenvalue weighted by atomic mass is 10.1. The molecule has 13 heteroatoms. The lowest BCUT2D eigenvalue weighted by Crippen LogP contribution is -2.57. The van der Waals surface area contributed by atoms with Gasteiger partial charge >= 0.3 is 5.97 Å². The molecule has 1 aliphatic rings. The molecular weight excluding hydrogens is 422 g/mol. The Kier molecular flexibility index (Phi) is 10.3. The zero-order chi connectivity index (χ0) is 22.1. The van der Waals surface area contributed by atoms with E-state index in [2.05, 4.69) is 35.9 Å². The second-order valence-corrected chi connectivity index (χ2v) is 7.36. The predicted molar refractivity (Wildman–Crippen MR) is 110 cm³/mol. The van der Waals surface area contributed by atoms with E-state index in [9.17, 15) is 24.0 Å². The second kappa shape index (κ2) is 11.9. The summed E-state index contributed by atoms with van der Waals surface area (Å²) in [7, 11) is 0. The van der Waals surface area contributed by atoms with Crippen LogP contribution in [0.25, 0.3) is 0 Å². The van der Waals surface area contributed by atoms with Crippen LogP contribution in [-0.4, -0.2) is 81.8 Å². The van der Waals surface area contributed by atoms with Crippen molar-refractivity contribution in [1.82, 2.24) is 15.5 Å². The Labute approximate surface area is 179 Å². The van der Waals surface area contributed by atoms with Gasteiger partial charge in [-0.25, -0.2) is 4.79 Å². The molecule has 11 nitrogen and oxygen atoms in total. The van der Waals surface area contributed by atoms with Crippen LogP contribution in [0.4, 0.5) is 0 Å². The smallest absolute Gasteiger partial charge is 0.327 e. The molecule has 7 N–H and O–H groups in total. The third-order valence-corrected chi connectivity index (χ3v) is 5.22. The van der Waals surface area contributed by atoms with E-state index in [-0.39, 0.29) is 24.3 Å². The number of hydrogen-bond donors (Lipinski definition) is 7. The van der Waals surface area contributed by atoms with Crippen molar-refractivity contribution in [3.63, 3.8) is 0 Å². The number of hydrogen-bond acceptors (Lipinski definition) is 8. The van der Waals surface area contributed by atoms with Crippen molar-refractivity contribution in [2.24, 2.45) is 11.5 Å². The fourth-order valence-corrected chi connectivity index (χ4v) is 3.28. The van der Waals surface area contributed by atoms with Gasteiger partial charge in [-0.15, -0.1) is 0 Å². The first-order valence-corrected chi connectivity index (χ1v) is 10.3. The van der Waals surface area contributed by atoms with Crippen LogP contribution in [0.5, 0.6) is 0 Å². The van der Waals surface area contributed by atoms with Crippen LogP contribution in [0.1, 0.15) is 25.7 Å². The number of nitrogens with two attached hydrogens (primary N) is 2. The van der Waals surface area contributed by atoms with E-state index < -0.39 is 53.8 Å². The van der Waals surface area contributed by atoms with E-state index in [0.717, 1.165) is 0 Å². The number of nitrogens with zero attached hydrogens (tertiary/aromatic N) is 1. The van der Waals surface area contributed by atoms with Crippen LogP contribution in [0.3, 0.4) is 0 Å². The van der Waals surface area contributed by atoms with Gasteiger partial charge in [0, 0.05) is 24.5 Å². The fourth-order valence-electron chi connectivity index (χ4n) is 2.88. The van der Waals surface area contributed by atoms with Gasteiger partial charge in [-0.3, -0.25) is 19.2 Å². The van der Waals surface area contributed by atoms with Crippen molar-refractivity contribution < 1.29 is 29.1 Å². The maximum Gasteiger partial charge on any atom is 0.327 e. The van der Waals surface area contributed by atoms with Gasteiger partial charge in [-0.2, -0.15) is 25.3 Å². The van der Waals surface area contributed by atoms with E-state index in [1.54, 1.807) is 0 Å². The average Bonchev–Trinajstić information content (AvgIpc) is 3.17. The number of carbonyl (C=O) groups is 5. The highest BCUT2D eigenvalue weighted by atomic mass is 32.1. The number of aliphatic carboxylic acids is 1.